The van der Waals surface area contributed by atoms with Gasteiger partial charge in [0.05, 0.1) is 22.3 Å². The number of hydrogen-bond donors (Lipinski definition) is 0. The van der Waals surface area contributed by atoms with Crippen molar-refractivity contribution in [2.45, 2.75) is 47.2 Å². The van der Waals surface area contributed by atoms with E-state index in [-0.39, 0.29) is 32.3 Å². The topological polar surface area (TPSA) is 30.7 Å². The normalized spacial score (nSPS) is 11.7. The number of halogens is 4. The van der Waals surface area contributed by atoms with E-state index in [4.69, 9.17) is 4.98 Å². The van der Waals surface area contributed by atoms with Gasteiger partial charge in [-0.25, -0.2) is 0 Å². The second-order valence-electron chi connectivity index (χ2n) is 14.0. The number of aromatic nitrogens is 3. The van der Waals surface area contributed by atoms with Crippen molar-refractivity contribution in [3.05, 3.63) is 162 Å². The van der Waals surface area contributed by atoms with Gasteiger partial charge in [0.1, 0.15) is 0 Å². The van der Waals surface area contributed by atoms with Crippen LogP contribution in [-0.4, -0.2) is 20.7 Å². The summed E-state index contributed by atoms with van der Waals surface area (Å²) in [6.45, 7) is 8.75. The Balaban J connectivity index is 0.000000188. The average Bonchev–Trinajstić information content (AvgIpc) is 3.70. The molecule has 281 valence electrons. The molecule has 0 N–H and O–H groups in total. The van der Waals surface area contributed by atoms with E-state index in [0.29, 0.717) is 5.56 Å². The quantitative estimate of drug-likeness (QED) is 0.123. The molecule has 0 bridgehead atoms. The first-order valence-electron chi connectivity index (χ1n) is 17.6. The van der Waals surface area contributed by atoms with Crippen LogP contribution in [0.15, 0.2) is 121 Å². The Labute approximate surface area is 336 Å². The number of imidazole rings is 1. The number of para-hydroxylation sites is 3. The van der Waals surface area contributed by atoms with Gasteiger partial charge in [-0.15, -0.1) is 77.1 Å². The molecule has 0 atom stereocenters. The van der Waals surface area contributed by atoms with Gasteiger partial charge >= 0.3 is 6.18 Å². The minimum atomic E-state index is -4.23. The van der Waals surface area contributed by atoms with Gasteiger partial charge in [0.15, 0.2) is 0 Å². The van der Waals surface area contributed by atoms with Crippen LogP contribution in [0.1, 0.15) is 36.1 Å². The number of benzene rings is 5. The van der Waals surface area contributed by atoms with Crippen LogP contribution in [-0.2, 0) is 26.5 Å². The van der Waals surface area contributed by atoms with Gasteiger partial charge in [-0.05, 0) is 78.6 Å². The molecule has 3 aromatic heterocycles. The van der Waals surface area contributed by atoms with Gasteiger partial charge in [0, 0.05) is 53.1 Å². The number of hydrogen-bond acceptors (Lipinski definition) is 3. The number of pyridine rings is 1. The third kappa shape index (κ3) is 8.06. The predicted octanol–water partition coefficient (Wildman–Crippen LogP) is 13.1. The van der Waals surface area contributed by atoms with Crippen LogP contribution in [0.4, 0.5) is 17.6 Å². The van der Waals surface area contributed by atoms with Crippen LogP contribution in [0.3, 0.4) is 0 Å². The van der Waals surface area contributed by atoms with Crippen LogP contribution in [0.2, 0.25) is 0 Å². The van der Waals surface area contributed by atoms with Crippen LogP contribution in [0.25, 0.3) is 59.9 Å². The van der Waals surface area contributed by atoms with Gasteiger partial charge in [-0.2, -0.15) is 13.2 Å². The molecule has 0 fully saturated rings. The van der Waals surface area contributed by atoms with Crippen molar-refractivity contribution >= 4 is 32.5 Å². The van der Waals surface area contributed by atoms with E-state index in [1.54, 1.807) is 29.5 Å². The summed E-state index contributed by atoms with van der Waals surface area (Å²) in [4.78, 5) is 10.5. The average molecular weight is 932 g/mol. The van der Waals surface area contributed by atoms with E-state index in [0.717, 1.165) is 65.5 Å². The Morgan fingerprint density at radius 1 is 0.764 bits per heavy atom. The van der Waals surface area contributed by atoms with Gasteiger partial charge in [0.2, 0.25) is 0 Å². The predicted molar refractivity (Wildman–Crippen MR) is 212 cm³/mol. The number of alkyl halides is 3. The second-order valence-corrected chi connectivity index (χ2v) is 15.1. The van der Waals surface area contributed by atoms with Crippen molar-refractivity contribution in [2.24, 2.45) is 5.41 Å². The van der Waals surface area contributed by atoms with Crippen molar-refractivity contribution in [3.8, 4) is 38.8 Å². The summed E-state index contributed by atoms with van der Waals surface area (Å²) in [6, 6.07) is 42.2. The number of rotatable bonds is 6. The van der Waals surface area contributed by atoms with Crippen molar-refractivity contribution in [3.63, 3.8) is 0 Å². The molecule has 0 saturated carbocycles. The molecular weight excluding hydrogens is 895 g/mol. The number of fused-ring (bicyclic) bond motifs is 2. The van der Waals surface area contributed by atoms with E-state index in [2.05, 4.69) is 66.7 Å². The molecule has 3 heterocycles. The minimum Gasteiger partial charge on any atom is -0.333 e. The zero-order valence-corrected chi connectivity index (χ0v) is 34.1. The summed E-state index contributed by atoms with van der Waals surface area (Å²) in [7, 11) is 0. The van der Waals surface area contributed by atoms with E-state index in [1.165, 1.54) is 37.1 Å². The Kier molecular flexibility index (Phi) is 11.6. The molecule has 3 nitrogen and oxygen atoms in total. The molecule has 9 heteroatoms. The molecule has 0 saturated heterocycles. The molecule has 8 aromatic rings. The van der Waals surface area contributed by atoms with Crippen LogP contribution >= 0.6 is 11.3 Å². The molecule has 5 aromatic carbocycles. The van der Waals surface area contributed by atoms with E-state index in [1.807, 2.05) is 66.9 Å². The van der Waals surface area contributed by atoms with Crippen molar-refractivity contribution in [2.75, 3.05) is 0 Å². The maximum absolute atomic E-state index is 13.3. The Morgan fingerprint density at radius 2 is 1.47 bits per heavy atom. The molecule has 0 aliphatic heterocycles. The maximum Gasteiger partial charge on any atom is 0.394 e. The molecule has 8 rings (SSSR count). The summed E-state index contributed by atoms with van der Waals surface area (Å²) in [5, 5.41) is 1.14. The summed E-state index contributed by atoms with van der Waals surface area (Å²) in [5.41, 5.74) is 9.09. The second kappa shape index (κ2) is 16.0. The van der Waals surface area contributed by atoms with Gasteiger partial charge in [0.25, 0.3) is 0 Å². The number of thiophene rings is 1. The standard InChI is InChI=1S/C25H21F3NS.C21H16FN2.Ir/c1-16-20-13-14-29-21(18-7-5-4-6-8-18)23(20)30-22(16)19-11-9-17(10-12-19)15-24(2,3)25(26,27)28;1-14-6-5-7-15(2)20(14)24-19-9-4-3-8-18(19)23-21(24)16-10-12-17(22)13-11-16;/h4-7,9-14H,15H2,1-3H3;3-10,12-13H,1-2H3;/q2*-1;. The maximum atomic E-state index is 13.3. The van der Waals surface area contributed by atoms with E-state index in [9.17, 15) is 17.6 Å². The van der Waals surface area contributed by atoms with Crippen molar-refractivity contribution < 1.29 is 37.7 Å². The number of nitrogens with zero attached hydrogens (tertiary/aromatic N) is 3. The summed E-state index contributed by atoms with van der Waals surface area (Å²) in [6.07, 6.45) is -2.46. The number of aryl methyl sites for hydroxylation is 3. The van der Waals surface area contributed by atoms with Crippen molar-refractivity contribution in [1.82, 2.24) is 14.5 Å². The Morgan fingerprint density at radius 3 is 2.13 bits per heavy atom. The Bertz CT molecular complexity index is 2550. The molecular formula is C46H37F4IrN3S-2. The summed E-state index contributed by atoms with van der Waals surface area (Å²) < 4.78 is 56.2. The third-order valence-electron chi connectivity index (χ3n) is 9.69. The molecule has 0 spiro atoms. The van der Waals surface area contributed by atoms with Crippen LogP contribution in [0, 0.1) is 44.1 Å². The Hall–Kier alpha value is -4.95. The monoisotopic (exact) mass is 932 g/mol. The zero-order chi connectivity index (χ0) is 38.2. The smallest absolute Gasteiger partial charge is 0.333 e. The van der Waals surface area contributed by atoms with Gasteiger partial charge in [-0.3, -0.25) is 9.37 Å². The van der Waals surface area contributed by atoms with Crippen LogP contribution in [0.5, 0.6) is 0 Å². The van der Waals surface area contributed by atoms with E-state index >= 15 is 0 Å². The molecule has 1 radical (unpaired) electrons. The molecule has 0 aliphatic rings. The summed E-state index contributed by atoms with van der Waals surface area (Å²) >= 11 is 1.66. The first kappa shape index (κ1) is 39.7. The van der Waals surface area contributed by atoms with Gasteiger partial charge < -0.3 is 9.55 Å². The molecule has 0 aliphatic carbocycles. The zero-order valence-electron chi connectivity index (χ0n) is 30.8. The largest absolute Gasteiger partial charge is 0.394 e. The first-order chi connectivity index (χ1) is 25.8. The molecule has 55 heavy (non-hydrogen) atoms. The fourth-order valence-corrected chi connectivity index (χ4v) is 7.99. The fraction of sp³-hybridized carbons (Fsp3) is 0.174. The fourth-order valence-electron chi connectivity index (χ4n) is 6.68. The third-order valence-corrected chi connectivity index (χ3v) is 11.1. The summed E-state index contributed by atoms with van der Waals surface area (Å²) in [5.74, 6) is 0.474. The molecule has 0 unspecified atom stereocenters. The van der Waals surface area contributed by atoms with Crippen molar-refractivity contribution in [1.29, 1.82) is 0 Å². The molecule has 0 amide bonds. The van der Waals surface area contributed by atoms with Crippen LogP contribution < -0.4 is 0 Å². The first-order valence-corrected chi connectivity index (χ1v) is 18.4. The minimum absolute atomic E-state index is 0. The SMILES string of the molecule is Cc1c(-c2ccc(CC(C)(C)C(F)(F)F)cc2)sc2c(-c3[c-]cccc3)nccc12.Cc1cccc(C)c1-n1c(-c2[c-]cc(F)cc2)nc2ccccc21.[Ir]. The van der Waals surface area contributed by atoms with E-state index < -0.39 is 11.6 Å². The van der Waals surface area contributed by atoms with Gasteiger partial charge in [-0.1, -0.05) is 68.4 Å².